The third-order valence-electron chi connectivity index (χ3n) is 4.38. The zero-order chi connectivity index (χ0) is 17.8. The summed E-state index contributed by atoms with van der Waals surface area (Å²) in [6, 6.07) is 7.27. The van der Waals surface area contributed by atoms with Gasteiger partial charge in [-0.3, -0.25) is 14.7 Å². The Balaban J connectivity index is 1.58. The highest BCUT2D eigenvalue weighted by Crippen LogP contribution is 2.29. The molecular formula is C19H24ClN3O2. The lowest BCUT2D eigenvalue weighted by Gasteiger charge is -2.35. The number of rotatable bonds is 5. The van der Waals surface area contributed by atoms with Crippen molar-refractivity contribution in [2.24, 2.45) is 5.92 Å². The van der Waals surface area contributed by atoms with Crippen molar-refractivity contribution in [3.05, 3.63) is 35.5 Å². The molecule has 0 aliphatic carbocycles. The van der Waals surface area contributed by atoms with E-state index in [9.17, 15) is 4.79 Å². The third kappa shape index (κ3) is 4.41. The summed E-state index contributed by atoms with van der Waals surface area (Å²) in [5, 5.41) is 1.46. The number of piperazine rings is 1. The number of hydrogen-bond donors (Lipinski definition) is 0. The van der Waals surface area contributed by atoms with Gasteiger partial charge in [-0.25, -0.2) is 0 Å². The topological polar surface area (TPSA) is 45.7 Å². The number of fused-ring (bicyclic) bond motifs is 1. The second-order valence-electron chi connectivity index (χ2n) is 6.81. The molecule has 0 saturated carbocycles. The molecule has 0 spiro atoms. The van der Waals surface area contributed by atoms with Crippen LogP contribution in [-0.2, 0) is 4.79 Å². The fourth-order valence-corrected chi connectivity index (χ4v) is 3.37. The first-order chi connectivity index (χ1) is 12.0. The van der Waals surface area contributed by atoms with Crippen molar-refractivity contribution in [3.63, 3.8) is 0 Å². The van der Waals surface area contributed by atoms with Gasteiger partial charge in [-0.15, -0.1) is 0 Å². The van der Waals surface area contributed by atoms with Crippen LogP contribution in [0.4, 0.5) is 0 Å². The van der Waals surface area contributed by atoms with Crippen molar-refractivity contribution in [2.75, 3.05) is 39.3 Å². The maximum atomic E-state index is 12.4. The van der Waals surface area contributed by atoms with Crippen molar-refractivity contribution in [3.8, 4) is 5.75 Å². The number of pyridine rings is 1. The van der Waals surface area contributed by atoms with Crippen molar-refractivity contribution < 1.29 is 9.53 Å². The van der Waals surface area contributed by atoms with Crippen LogP contribution >= 0.6 is 11.6 Å². The maximum Gasteiger partial charge on any atom is 0.260 e. The van der Waals surface area contributed by atoms with Gasteiger partial charge >= 0.3 is 0 Å². The van der Waals surface area contributed by atoms with E-state index in [4.69, 9.17) is 16.3 Å². The van der Waals surface area contributed by atoms with Crippen LogP contribution in [0.3, 0.4) is 0 Å². The molecule has 1 amide bonds. The minimum absolute atomic E-state index is 0.0169. The van der Waals surface area contributed by atoms with Crippen LogP contribution in [0.2, 0.25) is 5.02 Å². The number of nitrogens with zero attached hydrogens (tertiary/aromatic N) is 3. The molecule has 1 fully saturated rings. The summed E-state index contributed by atoms with van der Waals surface area (Å²) in [5.41, 5.74) is 0.685. The Bertz CT molecular complexity index is 743. The fraction of sp³-hybridized carbons (Fsp3) is 0.474. The summed E-state index contributed by atoms with van der Waals surface area (Å²) >= 11 is 6.19. The van der Waals surface area contributed by atoms with Gasteiger partial charge in [0.25, 0.3) is 5.91 Å². The molecule has 2 aromatic rings. The molecule has 0 bridgehead atoms. The molecule has 1 aliphatic heterocycles. The highest BCUT2D eigenvalue weighted by molar-refractivity contribution is 6.35. The Kier molecular flexibility index (Phi) is 5.76. The number of carbonyl (C=O) groups excluding carboxylic acids is 1. The number of hydrogen-bond acceptors (Lipinski definition) is 4. The maximum absolute atomic E-state index is 12.4. The third-order valence-corrected chi connectivity index (χ3v) is 4.71. The smallest absolute Gasteiger partial charge is 0.260 e. The van der Waals surface area contributed by atoms with E-state index in [0.717, 1.165) is 38.1 Å². The van der Waals surface area contributed by atoms with Gasteiger partial charge in [-0.1, -0.05) is 25.4 Å². The lowest BCUT2D eigenvalue weighted by Crippen LogP contribution is -2.50. The SMILES string of the molecule is CC(C)CN1CCN(C(=O)COc2ccc(Cl)c3cccnc23)CC1. The number of amides is 1. The first-order valence-electron chi connectivity index (χ1n) is 8.70. The molecule has 1 aromatic carbocycles. The summed E-state index contributed by atoms with van der Waals surface area (Å²) in [7, 11) is 0. The van der Waals surface area contributed by atoms with E-state index < -0.39 is 0 Å². The molecule has 134 valence electrons. The lowest BCUT2D eigenvalue weighted by atomic mass is 10.2. The summed E-state index contributed by atoms with van der Waals surface area (Å²) in [5.74, 6) is 1.26. The van der Waals surface area contributed by atoms with Gasteiger partial charge in [0, 0.05) is 44.3 Å². The van der Waals surface area contributed by atoms with Crippen LogP contribution in [0.25, 0.3) is 10.9 Å². The van der Waals surface area contributed by atoms with E-state index in [1.807, 2.05) is 17.0 Å². The summed E-state index contributed by atoms with van der Waals surface area (Å²) in [6.07, 6.45) is 1.70. The van der Waals surface area contributed by atoms with E-state index in [1.54, 1.807) is 18.3 Å². The second kappa shape index (κ2) is 8.02. The van der Waals surface area contributed by atoms with Gasteiger partial charge < -0.3 is 9.64 Å². The van der Waals surface area contributed by atoms with Crippen LogP contribution in [0.15, 0.2) is 30.5 Å². The average Bonchev–Trinajstić information content (AvgIpc) is 2.61. The van der Waals surface area contributed by atoms with Crippen LogP contribution in [0, 0.1) is 5.92 Å². The Labute approximate surface area is 153 Å². The van der Waals surface area contributed by atoms with Gasteiger partial charge in [0.1, 0.15) is 11.3 Å². The molecule has 1 aliphatic rings. The Morgan fingerprint density at radius 2 is 2.00 bits per heavy atom. The van der Waals surface area contributed by atoms with Crippen LogP contribution < -0.4 is 4.74 Å². The number of benzene rings is 1. The molecule has 0 unspecified atom stereocenters. The second-order valence-corrected chi connectivity index (χ2v) is 7.22. The van der Waals surface area contributed by atoms with Crippen molar-refractivity contribution >= 4 is 28.4 Å². The Hall–Kier alpha value is -1.85. The molecule has 2 heterocycles. The monoisotopic (exact) mass is 361 g/mol. The zero-order valence-electron chi connectivity index (χ0n) is 14.7. The molecule has 0 radical (unpaired) electrons. The Morgan fingerprint density at radius 3 is 2.72 bits per heavy atom. The number of aromatic nitrogens is 1. The molecule has 0 N–H and O–H groups in total. The first-order valence-corrected chi connectivity index (χ1v) is 9.08. The largest absolute Gasteiger partial charge is 0.481 e. The van der Waals surface area contributed by atoms with Crippen LogP contribution in [0.5, 0.6) is 5.75 Å². The van der Waals surface area contributed by atoms with E-state index in [1.165, 1.54) is 0 Å². The molecule has 6 heteroatoms. The average molecular weight is 362 g/mol. The van der Waals surface area contributed by atoms with Crippen molar-refractivity contribution in [2.45, 2.75) is 13.8 Å². The number of ether oxygens (including phenoxy) is 1. The molecule has 5 nitrogen and oxygen atoms in total. The van der Waals surface area contributed by atoms with Gasteiger partial charge in [-0.05, 0) is 30.2 Å². The van der Waals surface area contributed by atoms with Crippen molar-refractivity contribution in [1.29, 1.82) is 0 Å². The number of halogens is 1. The van der Waals surface area contributed by atoms with E-state index in [2.05, 4.69) is 23.7 Å². The fourth-order valence-electron chi connectivity index (χ4n) is 3.16. The summed E-state index contributed by atoms with van der Waals surface area (Å²) in [4.78, 5) is 21.1. The minimum atomic E-state index is 0.0169. The summed E-state index contributed by atoms with van der Waals surface area (Å²) < 4.78 is 5.75. The van der Waals surface area contributed by atoms with Gasteiger partial charge in [0.05, 0.1) is 5.02 Å². The molecule has 25 heavy (non-hydrogen) atoms. The highest BCUT2D eigenvalue weighted by atomic mass is 35.5. The van der Waals surface area contributed by atoms with Crippen LogP contribution in [-0.4, -0.2) is 60.0 Å². The standard InChI is InChI=1S/C19H24ClN3O2/c1-14(2)12-22-8-10-23(11-9-22)18(24)13-25-17-6-5-16(20)15-4-3-7-21-19(15)17/h3-7,14H,8-13H2,1-2H3. The van der Waals surface area contributed by atoms with E-state index >= 15 is 0 Å². The van der Waals surface area contributed by atoms with Crippen molar-refractivity contribution in [1.82, 2.24) is 14.8 Å². The quantitative estimate of drug-likeness (QED) is 0.821. The molecule has 0 atom stereocenters. The predicted octanol–water partition coefficient (Wildman–Crippen LogP) is 3.07. The van der Waals surface area contributed by atoms with E-state index in [0.29, 0.717) is 22.2 Å². The minimum Gasteiger partial charge on any atom is -0.481 e. The first kappa shape index (κ1) is 18.0. The zero-order valence-corrected chi connectivity index (χ0v) is 15.5. The highest BCUT2D eigenvalue weighted by Gasteiger charge is 2.22. The Morgan fingerprint density at radius 1 is 1.24 bits per heavy atom. The molecule has 1 aromatic heterocycles. The van der Waals surface area contributed by atoms with E-state index in [-0.39, 0.29) is 12.5 Å². The number of carbonyl (C=O) groups is 1. The molecular weight excluding hydrogens is 338 g/mol. The van der Waals surface area contributed by atoms with Crippen LogP contribution in [0.1, 0.15) is 13.8 Å². The molecule has 1 saturated heterocycles. The normalized spacial score (nSPS) is 15.8. The summed E-state index contributed by atoms with van der Waals surface area (Å²) in [6.45, 7) is 8.91. The van der Waals surface area contributed by atoms with Gasteiger partial charge in [0.2, 0.25) is 0 Å². The molecule has 3 rings (SSSR count). The van der Waals surface area contributed by atoms with Gasteiger partial charge in [0.15, 0.2) is 6.61 Å². The lowest BCUT2D eigenvalue weighted by molar-refractivity contribution is -0.135. The predicted molar refractivity (Wildman–Crippen MR) is 100 cm³/mol. The van der Waals surface area contributed by atoms with Gasteiger partial charge in [-0.2, -0.15) is 0 Å².